The van der Waals surface area contributed by atoms with Gasteiger partial charge in [-0.3, -0.25) is 0 Å². The zero-order chi connectivity index (χ0) is 20.5. The zero-order valence-corrected chi connectivity index (χ0v) is 18.9. The monoisotopic (exact) mass is 467 g/mol. The molecule has 1 N–H and O–H groups in total. The van der Waals surface area contributed by atoms with E-state index in [2.05, 4.69) is 25.6 Å². The van der Waals surface area contributed by atoms with Crippen LogP contribution in [0.4, 0.5) is 15.8 Å². The van der Waals surface area contributed by atoms with Crippen molar-refractivity contribution >= 4 is 28.9 Å². The van der Waals surface area contributed by atoms with Crippen molar-refractivity contribution < 1.29 is 36.1 Å². The summed E-state index contributed by atoms with van der Waals surface area (Å²) in [6.45, 7) is 0. The molecule has 1 aliphatic rings. The van der Waals surface area contributed by atoms with Gasteiger partial charge < -0.3 is 0 Å². The zero-order valence-electron chi connectivity index (χ0n) is 15.2. The van der Waals surface area contributed by atoms with Crippen LogP contribution < -0.4 is 10.1 Å². The van der Waals surface area contributed by atoms with Crippen LogP contribution in [-0.2, 0) is 22.2 Å². The fraction of sp³-hybridized carbons (Fsp3) is 0.235. The molecule has 0 unspecified atom stereocenters. The number of rotatable bonds is 6. The van der Waals surface area contributed by atoms with Crippen LogP contribution in [0.5, 0.6) is 5.75 Å². The van der Waals surface area contributed by atoms with E-state index >= 15 is 0 Å². The molecule has 1 aromatic carbocycles. The van der Waals surface area contributed by atoms with Crippen LogP contribution in [-0.4, -0.2) is 38.0 Å². The van der Waals surface area contributed by atoms with E-state index in [1.54, 1.807) is 11.0 Å². The van der Waals surface area contributed by atoms with Crippen molar-refractivity contribution in [3.8, 4) is 17.1 Å². The summed E-state index contributed by atoms with van der Waals surface area (Å²) in [5.41, 5.74) is 0.740. The number of carbonyl (C=O) groups excluding carboxylic acids is 1. The molecular weight excluding hydrogens is 456 g/mol. The molecule has 2 heterocycles. The van der Waals surface area contributed by atoms with Crippen molar-refractivity contribution in [2.45, 2.75) is 18.9 Å². The molecule has 0 bridgehead atoms. The summed E-state index contributed by atoms with van der Waals surface area (Å²) in [6, 6.07) is 4.25. The van der Waals surface area contributed by atoms with E-state index in [-0.39, 0.29) is 40.9 Å². The average molecular weight is 469 g/mol. The molecule has 0 aliphatic heterocycles. The predicted molar refractivity (Wildman–Crippen MR) is 96.0 cm³/mol. The number of anilines is 2. The molecule has 1 aliphatic carbocycles. The molecule has 12 heteroatoms. The Morgan fingerprint density at radius 3 is 2.79 bits per heavy atom. The second-order valence-corrected chi connectivity index (χ2v) is 7.29. The van der Waals surface area contributed by atoms with Gasteiger partial charge >= 0.3 is 167 Å². The second kappa shape index (κ2) is 8.00. The maximum atomic E-state index is 14.4. The van der Waals surface area contributed by atoms with Crippen LogP contribution in [0.1, 0.15) is 29.4 Å². The molecule has 2 aromatic heterocycles. The van der Waals surface area contributed by atoms with Gasteiger partial charge in [0.15, 0.2) is 0 Å². The standard InChI is InChI=1S/C17H14ClFN6O3.Zn/c1-28-15-10(16-20-7-25(24-16)9-2-3-9)4-8(19)5-12(15)21-11-6-13(18)22-23-14(11)17(26)27;/h4-7,9H,2-3H2,1H3,(H,21,22)(H,26,27);/q;+1/p-1. The fourth-order valence-corrected chi connectivity index (χ4v) is 3.25. The number of aromatic nitrogens is 5. The summed E-state index contributed by atoms with van der Waals surface area (Å²) >= 11 is 6.20. The molecule has 0 radical (unpaired) electrons. The van der Waals surface area contributed by atoms with Gasteiger partial charge in [0.1, 0.15) is 0 Å². The number of hydrogen-bond acceptors (Lipinski definition) is 8. The Kier molecular flexibility index (Phi) is 5.42. The number of nitrogens with one attached hydrogen (secondary N) is 1. The number of ether oxygens (including phenoxy) is 1. The van der Waals surface area contributed by atoms with E-state index in [4.69, 9.17) is 19.9 Å². The van der Waals surface area contributed by atoms with Gasteiger partial charge in [-0.15, -0.1) is 0 Å². The Labute approximate surface area is 179 Å². The Bertz CT molecular complexity index is 1090. The predicted octanol–water partition coefficient (Wildman–Crippen LogP) is 3.23. The Balaban J connectivity index is 1.77. The molecule has 0 spiro atoms. The number of nitrogens with zero attached hydrogens (tertiary/aromatic N) is 5. The van der Waals surface area contributed by atoms with E-state index in [1.807, 2.05) is 0 Å². The third-order valence-corrected chi connectivity index (χ3v) is 5.02. The molecule has 9 nitrogen and oxygen atoms in total. The summed E-state index contributed by atoms with van der Waals surface area (Å²) in [5, 5.41) is 14.9. The van der Waals surface area contributed by atoms with Crippen LogP contribution >= 0.6 is 11.6 Å². The van der Waals surface area contributed by atoms with Crippen molar-refractivity contribution in [3.63, 3.8) is 0 Å². The Morgan fingerprint density at radius 2 is 2.10 bits per heavy atom. The van der Waals surface area contributed by atoms with Gasteiger partial charge in [0, 0.05) is 0 Å². The first-order valence-corrected chi connectivity index (χ1v) is 10.1. The van der Waals surface area contributed by atoms with Gasteiger partial charge in [-0.2, -0.15) is 0 Å². The molecule has 1 saturated carbocycles. The molecule has 0 saturated heterocycles. The third kappa shape index (κ3) is 4.06. The van der Waals surface area contributed by atoms with E-state index in [0.717, 1.165) is 12.8 Å². The topological polar surface area (TPSA) is 104 Å². The minimum atomic E-state index is -0.669. The fourth-order valence-electron chi connectivity index (χ4n) is 2.81. The summed E-state index contributed by atoms with van der Waals surface area (Å²) < 4.78 is 26.5. The second-order valence-electron chi connectivity index (χ2n) is 6.30. The van der Waals surface area contributed by atoms with Crippen molar-refractivity contribution in [2.75, 3.05) is 12.4 Å². The number of hydrogen-bond donors (Lipinski definition) is 1. The van der Waals surface area contributed by atoms with Gasteiger partial charge in [-0.25, -0.2) is 0 Å². The van der Waals surface area contributed by atoms with Gasteiger partial charge in [0.25, 0.3) is 0 Å². The van der Waals surface area contributed by atoms with Crippen molar-refractivity contribution in [2.24, 2.45) is 0 Å². The van der Waals surface area contributed by atoms with Crippen LogP contribution in [0.25, 0.3) is 11.4 Å². The SMILES string of the molecule is COc1c(Nc2cc(Cl)nnc2C(=O)[O][Zn])cc(F)cc1-c1ncn(C2CC2)n1. The Morgan fingerprint density at radius 1 is 1.31 bits per heavy atom. The summed E-state index contributed by atoms with van der Waals surface area (Å²) in [6.07, 6.45) is 3.71. The van der Waals surface area contributed by atoms with Gasteiger partial charge in [0.2, 0.25) is 0 Å². The third-order valence-electron chi connectivity index (χ3n) is 4.29. The van der Waals surface area contributed by atoms with E-state index < -0.39 is 11.8 Å². The molecular formula is C17H13ClFN6O3Zn. The quantitative estimate of drug-likeness (QED) is 0.549. The first kappa shape index (κ1) is 19.7. The Hall–Kier alpha value is -2.65. The van der Waals surface area contributed by atoms with Crippen LogP contribution in [0.15, 0.2) is 24.5 Å². The summed E-state index contributed by atoms with van der Waals surface area (Å²) in [5.74, 6) is -0.569. The minimum absolute atomic E-state index is 0.0524. The van der Waals surface area contributed by atoms with E-state index in [1.165, 1.54) is 25.3 Å². The van der Waals surface area contributed by atoms with Gasteiger partial charge in [-0.1, -0.05) is 0 Å². The normalized spacial score (nSPS) is 13.3. The molecule has 4 rings (SSSR count). The first-order valence-electron chi connectivity index (χ1n) is 8.55. The van der Waals surface area contributed by atoms with Crippen molar-refractivity contribution in [1.29, 1.82) is 0 Å². The molecule has 3 aromatic rings. The summed E-state index contributed by atoms with van der Waals surface area (Å²) in [4.78, 5) is 16.3. The van der Waals surface area contributed by atoms with Gasteiger partial charge in [-0.05, 0) is 12.8 Å². The van der Waals surface area contributed by atoms with E-state index in [9.17, 15) is 9.18 Å². The van der Waals surface area contributed by atoms with Crippen LogP contribution in [0.2, 0.25) is 5.15 Å². The van der Waals surface area contributed by atoms with Gasteiger partial charge in [0.05, 0.1) is 0 Å². The molecule has 0 amide bonds. The summed E-state index contributed by atoms with van der Waals surface area (Å²) in [7, 11) is 1.45. The molecule has 0 atom stereocenters. The molecule has 1 fully saturated rings. The van der Waals surface area contributed by atoms with Crippen LogP contribution in [0, 0.1) is 5.82 Å². The van der Waals surface area contributed by atoms with E-state index in [0.29, 0.717) is 23.2 Å². The van der Waals surface area contributed by atoms with Crippen molar-refractivity contribution in [3.05, 3.63) is 41.2 Å². The number of carbonyl (C=O) groups is 1. The van der Waals surface area contributed by atoms with Crippen molar-refractivity contribution in [1.82, 2.24) is 25.0 Å². The number of halogens is 2. The number of benzene rings is 1. The maximum absolute atomic E-state index is 14.4. The number of methoxy groups -OCH3 is 1. The van der Waals surface area contributed by atoms with Crippen LogP contribution in [0.3, 0.4) is 0 Å². The molecule has 29 heavy (non-hydrogen) atoms. The molecule has 145 valence electrons. The first-order chi connectivity index (χ1) is 14.0. The average Bonchev–Trinajstić information content (AvgIpc) is 3.44.